The predicted octanol–water partition coefficient (Wildman–Crippen LogP) is 5.02. The minimum absolute atomic E-state index is 0.0570. The third-order valence-electron chi connectivity index (χ3n) is 5.00. The van der Waals surface area contributed by atoms with Crippen LogP contribution < -0.4 is 5.32 Å². The van der Waals surface area contributed by atoms with E-state index in [1.165, 1.54) is 0 Å². The lowest BCUT2D eigenvalue weighted by molar-refractivity contribution is 0.0950. The molecule has 1 heterocycles. The van der Waals surface area contributed by atoms with Crippen LogP contribution in [0.1, 0.15) is 27.9 Å². The fraction of sp³-hybridized carbons (Fsp3) is 0.160. The van der Waals surface area contributed by atoms with Crippen LogP contribution in [-0.2, 0) is 12.3 Å². The molecule has 6 heteroatoms. The van der Waals surface area contributed by atoms with Gasteiger partial charge in [-0.05, 0) is 48.4 Å². The Hall–Kier alpha value is -3.56. The van der Waals surface area contributed by atoms with Gasteiger partial charge >= 0.3 is 0 Å². The number of nitrogens with one attached hydrogen (secondary N) is 1. The maximum Gasteiger partial charge on any atom is 0.252 e. The van der Waals surface area contributed by atoms with Gasteiger partial charge in [-0.25, -0.2) is 4.98 Å². The lowest BCUT2D eigenvalue weighted by atomic mass is 10.2. The molecule has 0 radical (unpaired) electrons. The topological polar surface area (TPSA) is 70.7 Å². The van der Waals surface area contributed by atoms with Crippen molar-refractivity contribution in [1.29, 1.82) is 5.26 Å². The van der Waals surface area contributed by atoms with Gasteiger partial charge in [0.1, 0.15) is 0 Å². The molecule has 4 rings (SSSR count). The second-order valence-corrected chi connectivity index (χ2v) is 8.15. The van der Waals surface area contributed by atoms with E-state index < -0.39 is 0 Å². The molecule has 0 spiro atoms. The number of fused-ring (bicyclic) bond motifs is 1. The Morgan fingerprint density at radius 3 is 2.65 bits per heavy atom. The fourth-order valence-corrected chi connectivity index (χ4v) is 4.36. The molecule has 0 aliphatic rings. The summed E-state index contributed by atoms with van der Waals surface area (Å²) in [6.45, 7) is 1.40. The summed E-state index contributed by atoms with van der Waals surface area (Å²) in [5.74, 6) is 0.683. The van der Waals surface area contributed by atoms with Crippen LogP contribution in [0.4, 0.5) is 0 Å². The Morgan fingerprint density at radius 2 is 1.81 bits per heavy atom. The van der Waals surface area contributed by atoms with Gasteiger partial charge in [0.2, 0.25) is 0 Å². The largest absolute Gasteiger partial charge is 0.352 e. The second kappa shape index (κ2) is 9.96. The summed E-state index contributed by atoms with van der Waals surface area (Å²) in [4.78, 5) is 18.1. The van der Waals surface area contributed by atoms with Crippen molar-refractivity contribution in [2.45, 2.75) is 23.6 Å². The number of amides is 1. The lowest BCUT2D eigenvalue weighted by Crippen LogP contribution is -2.25. The Morgan fingerprint density at radius 1 is 1.03 bits per heavy atom. The molecular formula is C25H22N4OS. The molecule has 1 aromatic heterocycles. The molecule has 3 aromatic carbocycles. The van der Waals surface area contributed by atoms with E-state index >= 15 is 0 Å². The normalized spacial score (nSPS) is 10.7. The number of carbonyl (C=O) groups excluding carboxylic acids is 1. The molecule has 4 aromatic rings. The number of hydrogen-bond acceptors (Lipinski definition) is 4. The van der Waals surface area contributed by atoms with Gasteiger partial charge in [-0.3, -0.25) is 4.79 Å². The summed E-state index contributed by atoms with van der Waals surface area (Å²) < 4.78 is 2.11. The molecular weight excluding hydrogens is 404 g/mol. The Labute approximate surface area is 185 Å². The van der Waals surface area contributed by atoms with Crippen molar-refractivity contribution >= 4 is 28.7 Å². The maximum absolute atomic E-state index is 12.8. The molecule has 0 saturated carbocycles. The van der Waals surface area contributed by atoms with E-state index in [4.69, 9.17) is 5.26 Å². The summed E-state index contributed by atoms with van der Waals surface area (Å²) in [5.41, 5.74) is 4.55. The van der Waals surface area contributed by atoms with Gasteiger partial charge in [-0.15, -0.1) is 11.8 Å². The molecule has 0 unspecified atom stereocenters. The van der Waals surface area contributed by atoms with E-state index in [0.29, 0.717) is 17.7 Å². The highest BCUT2D eigenvalue weighted by atomic mass is 32.2. The van der Waals surface area contributed by atoms with E-state index in [1.807, 2.05) is 73.1 Å². The highest BCUT2D eigenvalue weighted by Gasteiger charge is 2.11. The van der Waals surface area contributed by atoms with Crippen molar-refractivity contribution in [3.63, 3.8) is 0 Å². The molecule has 5 nitrogen and oxygen atoms in total. The number of aromatic nitrogens is 2. The number of thioether (sulfide) groups is 1. The van der Waals surface area contributed by atoms with Gasteiger partial charge in [0.15, 0.2) is 0 Å². The summed E-state index contributed by atoms with van der Waals surface area (Å²) in [6, 6.07) is 25.4. The van der Waals surface area contributed by atoms with Gasteiger partial charge in [0.25, 0.3) is 5.91 Å². The quantitative estimate of drug-likeness (QED) is 0.317. The molecule has 0 saturated heterocycles. The Kier molecular flexibility index (Phi) is 6.65. The summed E-state index contributed by atoms with van der Waals surface area (Å²) in [6.07, 6.45) is 2.67. The molecule has 154 valence electrons. The molecule has 0 aliphatic carbocycles. The van der Waals surface area contributed by atoms with Crippen molar-refractivity contribution in [1.82, 2.24) is 14.9 Å². The van der Waals surface area contributed by atoms with Gasteiger partial charge < -0.3 is 9.88 Å². The van der Waals surface area contributed by atoms with Gasteiger partial charge in [-0.1, -0.05) is 36.4 Å². The van der Waals surface area contributed by atoms with Crippen LogP contribution in [0.2, 0.25) is 0 Å². The number of carbonyl (C=O) groups is 1. The van der Waals surface area contributed by atoms with Crippen molar-refractivity contribution in [3.8, 4) is 6.07 Å². The summed E-state index contributed by atoms with van der Waals surface area (Å²) in [7, 11) is 0. The van der Waals surface area contributed by atoms with Crippen LogP contribution in [0, 0.1) is 11.3 Å². The molecule has 1 amide bonds. The first-order valence-electron chi connectivity index (χ1n) is 10.1. The number of para-hydroxylation sites is 2. The smallest absolute Gasteiger partial charge is 0.252 e. The molecule has 0 atom stereocenters. The average Bonchev–Trinajstić information content (AvgIpc) is 3.24. The average molecular weight is 427 g/mol. The zero-order chi connectivity index (χ0) is 21.5. The van der Waals surface area contributed by atoms with E-state index in [2.05, 4.69) is 27.0 Å². The molecule has 0 aliphatic heterocycles. The second-order valence-electron chi connectivity index (χ2n) is 7.13. The number of aryl methyl sites for hydroxylation is 1. The van der Waals surface area contributed by atoms with Crippen LogP contribution in [0.3, 0.4) is 0 Å². The molecule has 1 N–H and O–H groups in total. The van der Waals surface area contributed by atoms with Crippen LogP contribution in [0.25, 0.3) is 11.0 Å². The SMILES string of the molecule is N#Cc1ccc(CSc2ccccc2C(=O)NCCCn2cnc3ccccc32)cc1. The number of nitriles is 1. The highest BCUT2D eigenvalue weighted by Crippen LogP contribution is 2.26. The van der Waals surface area contributed by atoms with Crippen molar-refractivity contribution in [2.24, 2.45) is 0 Å². The van der Waals surface area contributed by atoms with E-state index in [-0.39, 0.29) is 5.91 Å². The minimum atomic E-state index is -0.0570. The highest BCUT2D eigenvalue weighted by molar-refractivity contribution is 7.98. The maximum atomic E-state index is 12.8. The van der Waals surface area contributed by atoms with Gasteiger partial charge in [-0.2, -0.15) is 5.26 Å². The molecule has 31 heavy (non-hydrogen) atoms. The standard InChI is InChI=1S/C25H22N4OS/c26-16-19-10-12-20(13-11-19)17-31-24-9-4-1-6-21(24)25(30)27-14-5-15-29-18-28-22-7-2-3-8-23(22)29/h1-4,6-13,18H,5,14-15,17H2,(H,27,30). The first-order chi connectivity index (χ1) is 15.2. The number of nitrogens with zero attached hydrogens (tertiary/aromatic N) is 3. The lowest BCUT2D eigenvalue weighted by Gasteiger charge is -2.10. The van der Waals surface area contributed by atoms with E-state index in [9.17, 15) is 4.79 Å². The third-order valence-corrected chi connectivity index (χ3v) is 6.14. The summed E-state index contributed by atoms with van der Waals surface area (Å²) in [5, 5.41) is 12.0. The molecule has 0 bridgehead atoms. The van der Waals surface area contributed by atoms with Crippen molar-refractivity contribution in [3.05, 3.63) is 95.8 Å². The first-order valence-corrected chi connectivity index (χ1v) is 11.1. The van der Waals surface area contributed by atoms with Crippen LogP contribution in [0.5, 0.6) is 0 Å². The predicted molar refractivity (Wildman–Crippen MR) is 124 cm³/mol. The van der Waals surface area contributed by atoms with Crippen molar-refractivity contribution in [2.75, 3.05) is 6.54 Å². The monoisotopic (exact) mass is 426 g/mol. The van der Waals surface area contributed by atoms with Crippen LogP contribution in [0.15, 0.2) is 84.0 Å². The number of hydrogen-bond donors (Lipinski definition) is 1. The van der Waals surface area contributed by atoms with E-state index in [1.54, 1.807) is 11.8 Å². The van der Waals surface area contributed by atoms with Crippen LogP contribution in [-0.4, -0.2) is 22.0 Å². The number of benzene rings is 3. The Bertz CT molecular complexity index is 1220. The first kappa shape index (κ1) is 20.7. The van der Waals surface area contributed by atoms with E-state index in [0.717, 1.165) is 40.2 Å². The number of imidazole rings is 1. The minimum Gasteiger partial charge on any atom is -0.352 e. The number of rotatable bonds is 8. The van der Waals surface area contributed by atoms with Crippen LogP contribution >= 0.6 is 11.8 Å². The fourth-order valence-electron chi connectivity index (χ4n) is 3.35. The molecule has 0 fully saturated rings. The zero-order valence-corrected chi connectivity index (χ0v) is 17.8. The van der Waals surface area contributed by atoms with Gasteiger partial charge in [0, 0.05) is 23.7 Å². The zero-order valence-electron chi connectivity index (χ0n) is 17.0. The summed E-state index contributed by atoms with van der Waals surface area (Å²) >= 11 is 1.62. The third kappa shape index (κ3) is 5.14. The van der Waals surface area contributed by atoms with Crippen molar-refractivity contribution < 1.29 is 4.79 Å². The van der Waals surface area contributed by atoms with Gasteiger partial charge in [0.05, 0.1) is 34.6 Å². The Balaban J connectivity index is 1.31.